The number of hydrogen-bond donors (Lipinski definition) is 1. The quantitative estimate of drug-likeness (QED) is 0.603. The van der Waals surface area contributed by atoms with Crippen LogP contribution in [0.15, 0.2) is 51.9 Å². The first-order chi connectivity index (χ1) is 13.5. The molecular formula is C19H16F4N2O3S. The number of halogens is 4. The van der Waals surface area contributed by atoms with Gasteiger partial charge in [-0.1, -0.05) is 23.4 Å². The second-order valence-electron chi connectivity index (χ2n) is 6.36. The summed E-state index contributed by atoms with van der Waals surface area (Å²) < 4.78 is 84.1. The average Bonchev–Trinajstić information content (AvgIpc) is 2.98. The molecule has 3 aromatic rings. The van der Waals surface area contributed by atoms with Gasteiger partial charge in [0.1, 0.15) is 11.6 Å². The third kappa shape index (κ3) is 4.48. The third-order valence-corrected chi connectivity index (χ3v) is 5.67. The molecule has 10 heteroatoms. The molecule has 0 saturated carbocycles. The maximum Gasteiger partial charge on any atom is 0.419 e. The van der Waals surface area contributed by atoms with Gasteiger partial charge in [-0.3, -0.25) is 0 Å². The van der Waals surface area contributed by atoms with Crippen LogP contribution >= 0.6 is 0 Å². The highest BCUT2D eigenvalue weighted by Crippen LogP contribution is 2.33. The van der Waals surface area contributed by atoms with Crippen LogP contribution in [0.5, 0.6) is 0 Å². The number of benzene rings is 2. The summed E-state index contributed by atoms with van der Waals surface area (Å²) in [5.74, 6) is -0.935. The molecule has 0 aliphatic carbocycles. The Morgan fingerprint density at radius 2 is 1.83 bits per heavy atom. The zero-order valence-corrected chi connectivity index (χ0v) is 16.2. The normalized spacial score (nSPS) is 12.3. The minimum absolute atomic E-state index is 0.168. The lowest BCUT2D eigenvalue weighted by Gasteiger charge is -2.12. The average molecular weight is 428 g/mol. The molecule has 0 unspecified atom stereocenters. The third-order valence-electron chi connectivity index (χ3n) is 4.27. The van der Waals surface area contributed by atoms with E-state index in [0.717, 1.165) is 17.2 Å². The fourth-order valence-electron chi connectivity index (χ4n) is 2.88. The monoisotopic (exact) mass is 428 g/mol. The van der Waals surface area contributed by atoms with Crippen LogP contribution < -0.4 is 4.72 Å². The van der Waals surface area contributed by atoms with E-state index in [1.807, 2.05) is 0 Å². The van der Waals surface area contributed by atoms with Crippen molar-refractivity contribution in [2.45, 2.75) is 31.5 Å². The Morgan fingerprint density at radius 1 is 1.10 bits per heavy atom. The van der Waals surface area contributed by atoms with E-state index >= 15 is 0 Å². The van der Waals surface area contributed by atoms with Crippen LogP contribution in [0.1, 0.15) is 22.6 Å². The number of sulfonamides is 1. The van der Waals surface area contributed by atoms with Gasteiger partial charge in [0, 0.05) is 12.1 Å². The smallest absolute Gasteiger partial charge is 0.361 e. The fourth-order valence-corrected chi connectivity index (χ4v) is 3.93. The number of nitrogens with zero attached hydrogens (tertiary/aromatic N) is 1. The van der Waals surface area contributed by atoms with Crippen molar-refractivity contribution in [3.63, 3.8) is 0 Å². The van der Waals surface area contributed by atoms with Gasteiger partial charge in [0.05, 0.1) is 16.2 Å². The number of aryl methyl sites for hydroxylation is 2. The molecule has 29 heavy (non-hydrogen) atoms. The molecule has 0 aliphatic rings. The summed E-state index contributed by atoms with van der Waals surface area (Å²) in [5.41, 5.74) is 1.15. The molecule has 5 nitrogen and oxygen atoms in total. The molecule has 0 spiro atoms. The molecule has 154 valence electrons. The Balaban J connectivity index is 1.84. The molecule has 0 aliphatic heterocycles. The van der Waals surface area contributed by atoms with Gasteiger partial charge in [-0.05, 0) is 49.2 Å². The van der Waals surface area contributed by atoms with E-state index in [1.165, 1.54) is 0 Å². The number of nitrogens with one attached hydrogen (secondary N) is 1. The van der Waals surface area contributed by atoms with Crippen LogP contribution in [-0.4, -0.2) is 13.6 Å². The zero-order valence-electron chi connectivity index (χ0n) is 15.3. The van der Waals surface area contributed by atoms with Gasteiger partial charge < -0.3 is 4.52 Å². The van der Waals surface area contributed by atoms with Gasteiger partial charge in [-0.15, -0.1) is 0 Å². The van der Waals surface area contributed by atoms with Crippen molar-refractivity contribution in [1.82, 2.24) is 9.88 Å². The fraction of sp³-hybridized carbons (Fsp3) is 0.211. The van der Waals surface area contributed by atoms with Crippen LogP contribution in [0.2, 0.25) is 0 Å². The van der Waals surface area contributed by atoms with Crippen LogP contribution in [0, 0.1) is 19.7 Å². The van der Waals surface area contributed by atoms with Gasteiger partial charge in [-0.25, -0.2) is 17.5 Å². The summed E-state index contributed by atoms with van der Waals surface area (Å²) in [6, 6.07) is 8.45. The van der Waals surface area contributed by atoms with E-state index in [0.29, 0.717) is 23.1 Å². The Labute approximate surface area is 164 Å². The van der Waals surface area contributed by atoms with Gasteiger partial charge in [0.2, 0.25) is 10.0 Å². The molecule has 0 saturated heterocycles. The highest BCUT2D eigenvalue weighted by Gasteiger charge is 2.35. The summed E-state index contributed by atoms with van der Waals surface area (Å²) in [6.45, 7) is 3.35. The molecule has 0 atom stereocenters. The Kier molecular flexibility index (Phi) is 5.50. The number of aromatic nitrogens is 1. The molecule has 0 amide bonds. The van der Waals surface area contributed by atoms with Crippen molar-refractivity contribution in [3.05, 3.63) is 70.9 Å². The Hall–Kier alpha value is -2.72. The molecular weight excluding hydrogens is 412 g/mol. The summed E-state index contributed by atoms with van der Waals surface area (Å²) in [7, 11) is -4.29. The van der Waals surface area contributed by atoms with Crippen LogP contribution in [-0.2, 0) is 22.7 Å². The standard InChI is InChI=1S/C19H16F4N2O3S/c1-11-18(12(2)28-25-11)14-5-3-4-13(8-14)10-24-29(26,27)15-6-7-17(20)16(9-15)19(21,22)23/h3-9,24H,10H2,1-2H3. The van der Waals surface area contributed by atoms with Crippen LogP contribution in [0.4, 0.5) is 17.6 Å². The number of rotatable bonds is 5. The number of alkyl halides is 3. The van der Waals surface area contributed by atoms with Crippen LogP contribution in [0.25, 0.3) is 11.1 Å². The van der Waals surface area contributed by atoms with Crippen molar-refractivity contribution in [2.24, 2.45) is 0 Å². The van der Waals surface area contributed by atoms with Gasteiger partial charge in [0.25, 0.3) is 0 Å². The predicted octanol–water partition coefficient (Wildman–Crippen LogP) is 4.59. The molecule has 0 fully saturated rings. The molecule has 1 aromatic heterocycles. The molecule has 3 rings (SSSR count). The van der Waals surface area contributed by atoms with E-state index in [4.69, 9.17) is 4.52 Å². The molecule has 0 radical (unpaired) electrons. The summed E-state index contributed by atoms with van der Waals surface area (Å²) in [5, 5.41) is 3.87. The maximum atomic E-state index is 13.4. The molecule has 0 bridgehead atoms. The molecule has 1 heterocycles. The van der Waals surface area contributed by atoms with E-state index in [9.17, 15) is 26.0 Å². The predicted molar refractivity (Wildman–Crippen MR) is 96.8 cm³/mol. The number of hydrogen-bond acceptors (Lipinski definition) is 4. The molecule has 1 N–H and O–H groups in total. The highest BCUT2D eigenvalue weighted by atomic mass is 32.2. The first kappa shape index (κ1) is 21.0. The van der Waals surface area contributed by atoms with Gasteiger partial charge in [-0.2, -0.15) is 13.2 Å². The minimum atomic E-state index is -5.00. The topological polar surface area (TPSA) is 72.2 Å². The van der Waals surface area contributed by atoms with Crippen molar-refractivity contribution in [3.8, 4) is 11.1 Å². The lowest BCUT2D eigenvalue weighted by Crippen LogP contribution is -2.24. The Bertz CT molecular complexity index is 1140. The van der Waals surface area contributed by atoms with Crippen LogP contribution in [0.3, 0.4) is 0 Å². The first-order valence-corrected chi connectivity index (χ1v) is 9.86. The van der Waals surface area contributed by atoms with Crippen molar-refractivity contribution >= 4 is 10.0 Å². The van der Waals surface area contributed by atoms with E-state index in [1.54, 1.807) is 38.1 Å². The maximum absolute atomic E-state index is 13.4. The largest absolute Gasteiger partial charge is 0.419 e. The Morgan fingerprint density at radius 3 is 2.45 bits per heavy atom. The first-order valence-electron chi connectivity index (χ1n) is 8.37. The highest BCUT2D eigenvalue weighted by molar-refractivity contribution is 7.89. The van der Waals surface area contributed by atoms with Crippen molar-refractivity contribution < 1.29 is 30.5 Å². The van der Waals surface area contributed by atoms with Gasteiger partial charge >= 0.3 is 6.18 Å². The minimum Gasteiger partial charge on any atom is -0.361 e. The summed E-state index contributed by atoms with van der Waals surface area (Å²) >= 11 is 0. The lowest BCUT2D eigenvalue weighted by atomic mass is 10.0. The second-order valence-corrected chi connectivity index (χ2v) is 8.13. The van der Waals surface area contributed by atoms with E-state index in [2.05, 4.69) is 9.88 Å². The van der Waals surface area contributed by atoms with E-state index in [-0.39, 0.29) is 12.6 Å². The SMILES string of the molecule is Cc1noc(C)c1-c1cccc(CNS(=O)(=O)c2ccc(F)c(C(F)(F)F)c2)c1. The second kappa shape index (κ2) is 7.60. The van der Waals surface area contributed by atoms with Crippen molar-refractivity contribution in [1.29, 1.82) is 0 Å². The molecule has 2 aromatic carbocycles. The summed E-state index contributed by atoms with van der Waals surface area (Å²) in [4.78, 5) is -0.673. The van der Waals surface area contributed by atoms with E-state index < -0.39 is 32.5 Å². The summed E-state index contributed by atoms with van der Waals surface area (Å²) in [6.07, 6.45) is -5.00. The lowest BCUT2D eigenvalue weighted by molar-refractivity contribution is -0.140. The van der Waals surface area contributed by atoms with Gasteiger partial charge in [0.15, 0.2) is 0 Å². The van der Waals surface area contributed by atoms with Crippen molar-refractivity contribution in [2.75, 3.05) is 0 Å². The zero-order chi connectivity index (χ0) is 21.4.